The SMILES string of the molecule is Cc1ccc(N2C(=O)C(=O)/C(=C(/O)c3cccc(OCC(C)C)c3)C2c2c(C)[nH]c3ccccc23)cc1C. The number of rotatable bonds is 6. The first-order valence-electron chi connectivity index (χ1n) is 12.9. The third-order valence-electron chi connectivity index (χ3n) is 7.12. The van der Waals surface area contributed by atoms with Gasteiger partial charge in [0.05, 0.1) is 18.2 Å². The van der Waals surface area contributed by atoms with Crippen LogP contribution in [0.5, 0.6) is 5.75 Å². The van der Waals surface area contributed by atoms with Gasteiger partial charge in [-0.1, -0.05) is 50.2 Å². The molecule has 1 aliphatic rings. The second kappa shape index (κ2) is 9.86. The highest BCUT2D eigenvalue weighted by Gasteiger charge is 2.48. The van der Waals surface area contributed by atoms with E-state index in [1.807, 2.05) is 69.3 Å². The molecule has 0 radical (unpaired) electrons. The molecule has 1 amide bonds. The number of ether oxygens (including phenoxy) is 1. The third-order valence-corrected chi connectivity index (χ3v) is 7.12. The molecule has 0 saturated carbocycles. The summed E-state index contributed by atoms with van der Waals surface area (Å²) < 4.78 is 5.86. The fourth-order valence-electron chi connectivity index (χ4n) is 5.05. The van der Waals surface area contributed by atoms with Crippen LogP contribution in [0.2, 0.25) is 0 Å². The van der Waals surface area contributed by atoms with Gasteiger partial charge in [-0.25, -0.2) is 0 Å². The van der Waals surface area contributed by atoms with Crippen molar-refractivity contribution in [2.24, 2.45) is 5.92 Å². The van der Waals surface area contributed by atoms with Crippen LogP contribution in [0.4, 0.5) is 5.69 Å². The van der Waals surface area contributed by atoms with E-state index in [4.69, 9.17) is 4.74 Å². The summed E-state index contributed by atoms with van der Waals surface area (Å²) in [7, 11) is 0. The molecule has 6 nitrogen and oxygen atoms in total. The Balaban J connectivity index is 1.74. The number of aromatic nitrogens is 1. The summed E-state index contributed by atoms with van der Waals surface area (Å²) >= 11 is 0. The lowest BCUT2D eigenvalue weighted by Crippen LogP contribution is -2.29. The monoisotopic (exact) mass is 508 g/mol. The minimum atomic E-state index is -0.812. The molecule has 0 aliphatic carbocycles. The number of fused-ring (bicyclic) bond motifs is 1. The molecular formula is C32H32N2O4. The lowest BCUT2D eigenvalue weighted by atomic mass is 9.93. The number of hydrogen-bond donors (Lipinski definition) is 2. The predicted molar refractivity (Wildman–Crippen MR) is 151 cm³/mol. The number of para-hydroxylation sites is 1. The number of hydrogen-bond acceptors (Lipinski definition) is 4. The van der Waals surface area contributed by atoms with Gasteiger partial charge in [-0.2, -0.15) is 0 Å². The van der Waals surface area contributed by atoms with Gasteiger partial charge in [-0.15, -0.1) is 0 Å². The number of carbonyl (C=O) groups excluding carboxylic acids is 2. The van der Waals surface area contributed by atoms with E-state index < -0.39 is 17.7 Å². The minimum Gasteiger partial charge on any atom is -0.507 e. The van der Waals surface area contributed by atoms with Gasteiger partial charge in [0.15, 0.2) is 0 Å². The van der Waals surface area contributed by atoms with Crippen LogP contribution < -0.4 is 9.64 Å². The van der Waals surface area contributed by atoms with E-state index in [-0.39, 0.29) is 11.3 Å². The van der Waals surface area contributed by atoms with E-state index in [9.17, 15) is 14.7 Å². The van der Waals surface area contributed by atoms with Gasteiger partial charge in [0.25, 0.3) is 11.7 Å². The number of benzene rings is 3. The zero-order valence-electron chi connectivity index (χ0n) is 22.3. The number of carbonyl (C=O) groups is 2. The number of aromatic amines is 1. The largest absolute Gasteiger partial charge is 0.507 e. The smallest absolute Gasteiger partial charge is 0.300 e. The van der Waals surface area contributed by atoms with E-state index in [0.29, 0.717) is 29.5 Å². The maximum Gasteiger partial charge on any atom is 0.300 e. The number of ketones is 1. The molecule has 38 heavy (non-hydrogen) atoms. The Morgan fingerprint density at radius 1 is 0.974 bits per heavy atom. The lowest BCUT2D eigenvalue weighted by molar-refractivity contribution is -0.132. The van der Waals surface area contributed by atoms with Gasteiger partial charge in [-0.05, 0) is 68.1 Å². The molecule has 1 aromatic heterocycles. The molecule has 2 heterocycles. The fraction of sp³-hybridized carbons (Fsp3) is 0.250. The van der Waals surface area contributed by atoms with Crippen LogP contribution in [0.15, 0.2) is 72.3 Å². The number of Topliss-reactive ketones (excluding diaryl/α,β-unsaturated/α-hetero) is 1. The minimum absolute atomic E-state index is 0.0575. The van der Waals surface area contributed by atoms with Crippen molar-refractivity contribution in [3.8, 4) is 5.75 Å². The molecule has 6 heteroatoms. The second-order valence-corrected chi connectivity index (χ2v) is 10.4. The molecule has 1 unspecified atom stereocenters. The summed E-state index contributed by atoms with van der Waals surface area (Å²) in [4.78, 5) is 32.2. The number of aliphatic hydroxyl groups excluding tert-OH is 1. The summed E-state index contributed by atoms with van der Waals surface area (Å²) in [5, 5.41) is 12.5. The summed E-state index contributed by atoms with van der Waals surface area (Å²) in [6, 6.07) is 19.7. The van der Waals surface area contributed by atoms with Crippen LogP contribution in [0.25, 0.3) is 16.7 Å². The zero-order valence-corrected chi connectivity index (χ0v) is 22.3. The highest BCUT2D eigenvalue weighted by Crippen LogP contribution is 2.45. The molecule has 0 bridgehead atoms. The Morgan fingerprint density at radius 3 is 2.47 bits per heavy atom. The molecule has 3 aromatic carbocycles. The number of aliphatic hydroxyl groups is 1. The van der Waals surface area contributed by atoms with E-state index in [0.717, 1.165) is 33.3 Å². The van der Waals surface area contributed by atoms with Crippen molar-refractivity contribution >= 4 is 34.0 Å². The van der Waals surface area contributed by atoms with Crippen LogP contribution in [0.3, 0.4) is 0 Å². The van der Waals surface area contributed by atoms with Crippen LogP contribution in [0, 0.1) is 26.7 Å². The highest BCUT2D eigenvalue weighted by molar-refractivity contribution is 6.52. The summed E-state index contributed by atoms with van der Waals surface area (Å²) in [5.74, 6) is -0.689. The first kappa shape index (κ1) is 25.3. The Kier molecular flexibility index (Phi) is 6.57. The van der Waals surface area contributed by atoms with E-state index >= 15 is 0 Å². The average Bonchev–Trinajstić information content (AvgIpc) is 3.36. The van der Waals surface area contributed by atoms with E-state index in [2.05, 4.69) is 18.8 Å². The van der Waals surface area contributed by atoms with Crippen molar-refractivity contribution in [1.29, 1.82) is 0 Å². The normalized spacial score (nSPS) is 17.1. The highest BCUT2D eigenvalue weighted by atomic mass is 16.5. The molecule has 4 aromatic rings. The van der Waals surface area contributed by atoms with Crippen molar-refractivity contribution in [2.45, 2.75) is 40.7 Å². The van der Waals surface area contributed by atoms with Crippen molar-refractivity contribution in [1.82, 2.24) is 4.98 Å². The maximum absolute atomic E-state index is 13.7. The van der Waals surface area contributed by atoms with E-state index in [1.54, 1.807) is 18.2 Å². The van der Waals surface area contributed by atoms with Crippen LogP contribution >= 0.6 is 0 Å². The van der Waals surface area contributed by atoms with Crippen LogP contribution in [-0.2, 0) is 9.59 Å². The summed E-state index contributed by atoms with van der Waals surface area (Å²) in [5.41, 5.74) is 5.69. The topological polar surface area (TPSA) is 82.6 Å². The summed E-state index contributed by atoms with van der Waals surface area (Å²) in [6.07, 6.45) is 0. The number of nitrogens with one attached hydrogen (secondary N) is 1. The quantitative estimate of drug-likeness (QED) is 0.171. The molecule has 0 spiro atoms. The van der Waals surface area contributed by atoms with Crippen molar-refractivity contribution in [2.75, 3.05) is 11.5 Å². The fourth-order valence-corrected chi connectivity index (χ4v) is 5.05. The molecule has 1 atom stereocenters. The van der Waals surface area contributed by atoms with Crippen molar-refractivity contribution in [3.05, 3.63) is 100 Å². The number of aryl methyl sites for hydroxylation is 3. The summed E-state index contributed by atoms with van der Waals surface area (Å²) in [6.45, 7) is 10.5. The number of H-pyrrole nitrogens is 1. The Labute approximate surface area is 222 Å². The predicted octanol–water partition coefficient (Wildman–Crippen LogP) is 6.75. The number of amides is 1. The first-order chi connectivity index (χ1) is 18.2. The van der Waals surface area contributed by atoms with Crippen LogP contribution in [-0.4, -0.2) is 28.4 Å². The van der Waals surface area contributed by atoms with Crippen LogP contribution in [0.1, 0.15) is 47.8 Å². The molecule has 1 aliphatic heterocycles. The molecule has 1 fully saturated rings. The Hall–Kier alpha value is -4.32. The molecule has 5 rings (SSSR count). The van der Waals surface area contributed by atoms with Gasteiger partial charge < -0.3 is 14.8 Å². The lowest BCUT2D eigenvalue weighted by Gasteiger charge is -2.26. The number of nitrogens with zero attached hydrogens (tertiary/aromatic N) is 1. The molecule has 194 valence electrons. The van der Waals surface area contributed by atoms with E-state index in [1.165, 1.54) is 4.90 Å². The van der Waals surface area contributed by atoms with Gasteiger partial charge >= 0.3 is 0 Å². The average molecular weight is 509 g/mol. The maximum atomic E-state index is 13.7. The first-order valence-corrected chi connectivity index (χ1v) is 12.9. The van der Waals surface area contributed by atoms with Gasteiger partial charge in [0.2, 0.25) is 0 Å². The third kappa shape index (κ3) is 4.36. The van der Waals surface area contributed by atoms with Gasteiger partial charge in [0.1, 0.15) is 11.5 Å². The van der Waals surface area contributed by atoms with Crippen molar-refractivity contribution in [3.63, 3.8) is 0 Å². The molecule has 1 saturated heterocycles. The molecular weight excluding hydrogens is 476 g/mol. The number of anilines is 1. The standard InChI is InChI=1S/C32H32N2O4/c1-18(2)17-38-24-10-8-9-22(16-24)30(35)28-29(27-21(5)33-26-12-7-6-11-25(26)27)34(32(37)31(28)36)23-14-13-19(3)20(4)15-23/h6-16,18,29,33,35H,17H2,1-5H3/b30-28+. The van der Waals surface area contributed by atoms with Gasteiger partial charge in [-0.3, -0.25) is 14.5 Å². The Morgan fingerprint density at radius 2 is 1.74 bits per heavy atom. The molecule has 2 N–H and O–H groups in total. The van der Waals surface area contributed by atoms with Crippen molar-refractivity contribution < 1.29 is 19.4 Å². The second-order valence-electron chi connectivity index (χ2n) is 10.4. The zero-order chi connectivity index (χ0) is 27.1. The van der Waals surface area contributed by atoms with Gasteiger partial charge in [0, 0.05) is 33.4 Å². The Bertz CT molecular complexity index is 1590.